The molecule has 2 atom stereocenters. The molecular formula is C17H23N3OS. The summed E-state index contributed by atoms with van der Waals surface area (Å²) in [5.74, 6) is 0.0507. The molecule has 22 heavy (non-hydrogen) atoms. The lowest BCUT2D eigenvalue weighted by Crippen LogP contribution is -2.49. The lowest BCUT2D eigenvalue weighted by atomic mass is 9.89. The van der Waals surface area contributed by atoms with E-state index in [2.05, 4.69) is 17.6 Å². The van der Waals surface area contributed by atoms with Gasteiger partial charge in [0.05, 0.1) is 4.87 Å². The highest BCUT2D eigenvalue weighted by Gasteiger charge is 2.34. The molecule has 1 fully saturated rings. The number of thiol groups is 1. The standard InChI is InChI=1S/C17H23N3OS/c1-2-20(13-7-5-9-17(18,22)11-13)16(21)15-10-12-6-3-4-8-14(12)19-15/h3-4,6,8,10,13,19,22H,2,5,7,9,11,18H2,1H3/t13-,17?/m0/s1. The zero-order valence-electron chi connectivity index (χ0n) is 12.9. The van der Waals surface area contributed by atoms with Gasteiger partial charge in [0.1, 0.15) is 5.69 Å². The Hall–Kier alpha value is -1.46. The number of H-pyrrole nitrogens is 1. The zero-order chi connectivity index (χ0) is 15.7. The van der Waals surface area contributed by atoms with Crippen LogP contribution in [0.3, 0.4) is 0 Å². The number of fused-ring (bicyclic) bond motifs is 1. The molecule has 0 aliphatic heterocycles. The van der Waals surface area contributed by atoms with Gasteiger partial charge in [-0.25, -0.2) is 0 Å². The molecule has 0 saturated heterocycles. The van der Waals surface area contributed by atoms with Gasteiger partial charge < -0.3 is 15.6 Å². The third kappa shape index (κ3) is 3.01. The van der Waals surface area contributed by atoms with Crippen LogP contribution in [-0.2, 0) is 0 Å². The molecule has 1 saturated carbocycles. The SMILES string of the molecule is CCN(C(=O)c1cc2ccccc2[nH]1)[C@H]1CCCC(N)(S)C1. The minimum absolute atomic E-state index is 0.0507. The summed E-state index contributed by atoms with van der Waals surface area (Å²) in [4.78, 5) is 17.6. The largest absolute Gasteiger partial charge is 0.351 e. The van der Waals surface area contributed by atoms with Crippen LogP contribution in [0.1, 0.15) is 43.1 Å². The minimum Gasteiger partial charge on any atom is -0.351 e. The van der Waals surface area contributed by atoms with Crippen LogP contribution < -0.4 is 5.73 Å². The lowest BCUT2D eigenvalue weighted by molar-refractivity contribution is 0.0625. The number of nitrogens with zero attached hydrogens (tertiary/aromatic N) is 1. The Kier molecular flexibility index (Phi) is 4.19. The molecule has 1 heterocycles. The molecule has 1 aromatic heterocycles. The average Bonchev–Trinajstić information content (AvgIpc) is 2.91. The first-order chi connectivity index (χ1) is 10.5. The Morgan fingerprint density at radius 1 is 1.50 bits per heavy atom. The maximum atomic E-state index is 12.9. The molecule has 0 radical (unpaired) electrons. The van der Waals surface area contributed by atoms with Crippen LogP contribution in [-0.4, -0.2) is 33.2 Å². The van der Waals surface area contributed by atoms with Gasteiger partial charge in [-0.3, -0.25) is 4.79 Å². The number of aromatic nitrogens is 1. The number of rotatable bonds is 3. The van der Waals surface area contributed by atoms with Gasteiger partial charge in [0, 0.05) is 23.5 Å². The number of aromatic amines is 1. The molecule has 2 aromatic rings. The molecule has 1 aromatic carbocycles. The van der Waals surface area contributed by atoms with Crippen LogP contribution >= 0.6 is 12.6 Å². The number of carbonyl (C=O) groups is 1. The van der Waals surface area contributed by atoms with Crippen LogP contribution in [0.2, 0.25) is 0 Å². The van der Waals surface area contributed by atoms with Gasteiger partial charge in [-0.2, -0.15) is 12.6 Å². The molecule has 118 valence electrons. The highest BCUT2D eigenvalue weighted by Crippen LogP contribution is 2.32. The second kappa shape index (κ2) is 5.97. The molecule has 1 unspecified atom stereocenters. The molecular weight excluding hydrogens is 294 g/mol. The second-order valence-electron chi connectivity index (χ2n) is 6.22. The number of nitrogens with one attached hydrogen (secondary N) is 1. The van der Waals surface area contributed by atoms with Crippen molar-refractivity contribution in [1.29, 1.82) is 0 Å². The van der Waals surface area contributed by atoms with Crippen LogP contribution in [0, 0.1) is 0 Å². The van der Waals surface area contributed by atoms with Gasteiger partial charge in [-0.05, 0) is 44.7 Å². The van der Waals surface area contributed by atoms with Crippen molar-refractivity contribution in [2.24, 2.45) is 5.73 Å². The predicted octanol–water partition coefficient (Wildman–Crippen LogP) is 3.16. The maximum absolute atomic E-state index is 12.9. The van der Waals surface area contributed by atoms with E-state index in [0.29, 0.717) is 12.2 Å². The summed E-state index contributed by atoms with van der Waals surface area (Å²) < 4.78 is 0. The summed E-state index contributed by atoms with van der Waals surface area (Å²) in [5.41, 5.74) is 7.82. The van der Waals surface area contributed by atoms with Crippen LogP contribution in [0.25, 0.3) is 10.9 Å². The van der Waals surface area contributed by atoms with E-state index in [4.69, 9.17) is 5.73 Å². The molecule has 5 heteroatoms. The Balaban J connectivity index is 1.84. The number of hydrogen-bond donors (Lipinski definition) is 3. The fourth-order valence-electron chi connectivity index (χ4n) is 3.43. The first-order valence-corrected chi connectivity index (χ1v) is 8.35. The van der Waals surface area contributed by atoms with E-state index in [1.54, 1.807) is 0 Å². The number of benzene rings is 1. The van der Waals surface area contributed by atoms with Gasteiger partial charge >= 0.3 is 0 Å². The molecule has 0 bridgehead atoms. The Morgan fingerprint density at radius 3 is 2.95 bits per heavy atom. The topological polar surface area (TPSA) is 62.1 Å². The maximum Gasteiger partial charge on any atom is 0.270 e. The van der Waals surface area contributed by atoms with Gasteiger partial charge in [0.15, 0.2) is 0 Å². The normalized spacial score (nSPS) is 25.3. The van der Waals surface area contributed by atoms with Crippen molar-refractivity contribution in [3.63, 3.8) is 0 Å². The van der Waals surface area contributed by atoms with Gasteiger partial charge in [-0.1, -0.05) is 18.2 Å². The van der Waals surface area contributed by atoms with E-state index in [1.807, 2.05) is 42.2 Å². The van der Waals surface area contributed by atoms with E-state index in [1.165, 1.54) is 0 Å². The van der Waals surface area contributed by atoms with Gasteiger partial charge in [-0.15, -0.1) is 0 Å². The third-order valence-electron chi connectivity index (χ3n) is 4.54. The molecule has 4 nitrogen and oxygen atoms in total. The molecule has 0 spiro atoms. The van der Waals surface area contributed by atoms with E-state index >= 15 is 0 Å². The van der Waals surface area contributed by atoms with Crippen LogP contribution in [0.15, 0.2) is 30.3 Å². The van der Waals surface area contributed by atoms with Crippen molar-refractivity contribution >= 4 is 29.4 Å². The predicted molar refractivity (Wildman–Crippen MR) is 93.2 cm³/mol. The second-order valence-corrected chi connectivity index (χ2v) is 7.11. The first-order valence-electron chi connectivity index (χ1n) is 7.90. The third-order valence-corrected chi connectivity index (χ3v) is 4.95. The van der Waals surface area contributed by atoms with Crippen molar-refractivity contribution < 1.29 is 4.79 Å². The van der Waals surface area contributed by atoms with Crippen molar-refractivity contribution in [3.05, 3.63) is 36.0 Å². The van der Waals surface area contributed by atoms with Crippen molar-refractivity contribution in [2.45, 2.75) is 43.5 Å². The summed E-state index contributed by atoms with van der Waals surface area (Å²) in [5, 5.41) is 1.06. The first kappa shape index (κ1) is 15.4. The van der Waals surface area contributed by atoms with Crippen LogP contribution in [0.5, 0.6) is 0 Å². The fourth-order valence-corrected chi connectivity index (χ4v) is 3.80. The van der Waals surface area contributed by atoms with Crippen molar-refractivity contribution in [2.75, 3.05) is 6.54 Å². The molecule has 1 aliphatic rings. The summed E-state index contributed by atoms with van der Waals surface area (Å²) in [6, 6.07) is 10.0. The molecule has 3 rings (SSSR count). The Bertz CT molecular complexity index is 646. The average molecular weight is 317 g/mol. The van der Waals surface area contributed by atoms with E-state index < -0.39 is 4.87 Å². The summed E-state index contributed by atoms with van der Waals surface area (Å²) in [6.07, 6.45) is 3.67. The fraction of sp³-hybridized carbons (Fsp3) is 0.471. The van der Waals surface area contributed by atoms with E-state index in [0.717, 1.165) is 36.6 Å². The Morgan fingerprint density at radius 2 is 2.27 bits per heavy atom. The highest BCUT2D eigenvalue weighted by molar-refractivity contribution is 7.81. The molecule has 1 aliphatic carbocycles. The smallest absolute Gasteiger partial charge is 0.270 e. The zero-order valence-corrected chi connectivity index (χ0v) is 13.8. The van der Waals surface area contributed by atoms with Crippen molar-refractivity contribution in [1.82, 2.24) is 9.88 Å². The minimum atomic E-state index is -0.461. The lowest BCUT2D eigenvalue weighted by Gasteiger charge is -2.40. The van der Waals surface area contributed by atoms with Gasteiger partial charge in [0.2, 0.25) is 0 Å². The summed E-state index contributed by atoms with van der Waals surface area (Å²) >= 11 is 4.54. The van der Waals surface area contributed by atoms with E-state index in [-0.39, 0.29) is 11.9 Å². The van der Waals surface area contributed by atoms with Crippen LogP contribution in [0.4, 0.5) is 0 Å². The monoisotopic (exact) mass is 317 g/mol. The number of carbonyl (C=O) groups excluding carboxylic acids is 1. The number of amides is 1. The molecule has 1 amide bonds. The number of hydrogen-bond acceptors (Lipinski definition) is 3. The number of nitrogens with two attached hydrogens (primary N) is 1. The molecule has 3 N–H and O–H groups in total. The van der Waals surface area contributed by atoms with E-state index in [9.17, 15) is 4.79 Å². The van der Waals surface area contributed by atoms with Gasteiger partial charge in [0.25, 0.3) is 5.91 Å². The number of para-hydroxylation sites is 1. The van der Waals surface area contributed by atoms with Crippen molar-refractivity contribution in [3.8, 4) is 0 Å². The summed E-state index contributed by atoms with van der Waals surface area (Å²) in [6.45, 7) is 2.70. The Labute approximate surface area is 136 Å². The highest BCUT2D eigenvalue weighted by atomic mass is 32.1. The summed E-state index contributed by atoms with van der Waals surface area (Å²) in [7, 11) is 0. The quantitative estimate of drug-likeness (QED) is 0.601.